The van der Waals surface area contributed by atoms with Crippen molar-refractivity contribution in [2.75, 3.05) is 19.0 Å². The SMILES string of the molecule is CCOC(=O)c1ccccc1NC(=O)Cn1nc2c(Oc3cccc(OC)c3)nccn2c1=O. The number of amides is 1. The number of anilines is 1. The molecule has 0 fully saturated rings. The molecule has 2 heterocycles. The van der Waals surface area contributed by atoms with Crippen LogP contribution in [0.4, 0.5) is 5.69 Å². The van der Waals surface area contributed by atoms with E-state index >= 15 is 0 Å². The number of esters is 1. The summed E-state index contributed by atoms with van der Waals surface area (Å²) in [5.41, 5.74) is 0.0569. The summed E-state index contributed by atoms with van der Waals surface area (Å²) in [5, 5.41) is 6.84. The zero-order valence-corrected chi connectivity index (χ0v) is 18.4. The number of methoxy groups -OCH3 is 1. The van der Waals surface area contributed by atoms with Gasteiger partial charge in [0.25, 0.3) is 5.88 Å². The molecule has 1 amide bonds. The lowest BCUT2D eigenvalue weighted by atomic mass is 10.2. The van der Waals surface area contributed by atoms with Crippen LogP contribution in [-0.4, -0.2) is 44.8 Å². The molecule has 174 valence electrons. The molecule has 0 radical (unpaired) electrons. The molecule has 2 aromatic heterocycles. The zero-order chi connectivity index (χ0) is 24.1. The van der Waals surface area contributed by atoms with Crippen LogP contribution in [0.1, 0.15) is 17.3 Å². The van der Waals surface area contributed by atoms with Gasteiger partial charge in [0, 0.05) is 18.5 Å². The number of benzene rings is 2. The van der Waals surface area contributed by atoms with E-state index < -0.39 is 24.1 Å². The van der Waals surface area contributed by atoms with Crippen molar-refractivity contribution in [2.45, 2.75) is 13.5 Å². The molecule has 0 saturated heterocycles. The summed E-state index contributed by atoms with van der Waals surface area (Å²) < 4.78 is 18.2. The van der Waals surface area contributed by atoms with Crippen molar-refractivity contribution in [3.63, 3.8) is 0 Å². The fraction of sp³-hybridized carbons (Fsp3) is 0.174. The number of fused-ring (bicyclic) bond motifs is 1. The summed E-state index contributed by atoms with van der Waals surface area (Å²) in [6.07, 6.45) is 2.82. The van der Waals surface area contributed by atoms with Crippen molar-refractivity contribution >= 4 is 23.2 Å². The number of nitrogens with zero attached hydrogens (tertiary/aromatic N) is 4. The van der Waals surface area contributed by atoms with Gasteiger partial charge in [0.15, 0.2) is 0 Å². The highest BCUT2D eigenvalue weighted by atomic mass is 16.5. The molecule has 0 bridgehead atoms. The minimum Gasteiger partial charge on any atom is -0.497 e. The highest BCUT2D eigenvalue weighted by Gasteiger charge is 2.18. The van der Waals surface area contributed by atoms with E-state index in [1.807, 2.05) is 0 Å². The number of aromatic nitrogens is 4. The Bertz CT molecular complexity index is 1410. The first-order valence-corrected chi connectivity index (χ1v) is 10.3. The molecule has 11 nitrogen and oxygen atoms in total. The van der Waals surface area contributed by atoms with Crippen LogP contribution >= 0.6 is 0 Å². The normalized spacial score (nSPS) is 10.6. The standard InChI is InChI=1S/C23H21N5O6/c1-3-33-22(30)17-9-4-5-10-18(17)25-19(29)14-28-23(31)27-12-11-24-21(20(27)26-28)34-16-8-6-7-15(13-16)32-2/h4-13H,3,14H2,1-2H3,(H,25,29). The van der Waals surface area contributed by atoms with Gasteiger partial charge < -0.3 is 19.5 Å². The van der Waals surface area contributed by atoms with Crippen LogP contribution in [0.3, 0.4) is 0 Å². The molecular weight excluding hydrogens is 442 g/mol. The van der Waals surface area contributed by atoms with Gasteiger partial charge in [0.1, 0.15) is 18.0 Å². The number of ether oxygens (including phenoxy) is 3. The Morgan fingerprint density at radius 3 is 2.68 bits per heavy atom. The largest absolute Gasteiger partial charge is 0.497 e. The van der Waals surface area contributed by atoms with Crippen molar-refractivity contribution in [3.8, 4) is 17.4 Å². The lowest BCUT2D eigenvalue weighted by Gasteiger charge is -2.10. The Hall–Kier alpha value is -4.67. The summed E-state index contributed by atoms with van der Waals surface area (Å²) in [6.45, 7) is 1.50. The Kier molecular flexibility index (Phi) is 6.53. The minimum absolute atomic E-state index is 0.0830. The smallest absolute Gasteiger partial charge is 0.351 e. The van der Waals surface area contributed by atoms with E-state index in [1.165, 1.54) is 23.9 Å². The highest BCUT2D eigenvalue weighted by Crippen LogP contribution is 2.25. The molecule has 0 unspecified atom stereocenters. The van der Waals surface area contributed by atoms with Crippen LogP contribution in [-0.2, 0) is 16.1 Å². The van der Waals surface area contributed by atoms with Crippen LogP contribution in [0.5, 0.6) is 17.4 Å². The van der Waals surface area contributed by atoms with Crippen molar-refractivity contribution in [3.05, 3.63) is 77.0 Å². The average molecular weight is 463 g/mol. The van der Waals surface area contributed by atoms with E-state index in [4.69, 9.17) is 14.2 Å². The van der Waals surface area contributed by atoms with Crippen molar-refractivity contribution < 1.29 is 23.8 Å². The fourth-order valence-corrected chi connectivity index (χ4v) is 3.18. The Morgan fingerprint density at radius 1 is 1.09 bits per heavy atom. The Labute approximate surface area is 193 Å². The van der Waals surface area contributed by atoms with Crippen LogP contribution in [0.25, 0.3) is 5.65 Å². The lowest BCUT2D eigenvalue weighted by molar-refractivity contribution is -0.117. The van der Waals surface area contributed by atoms with Crippen molar-refractivity contribution in [1.82, 2.24) is 19.2 Å². The quantitative estimate of drug-likeness (QED) is 0.395. The third kappa shape index (κ3) is 4.72. The number of nitrogens with one attached hydrogen (secondary N) is 1. The lowest BCUT2D eigenvalue weighted by Crippen LogP contribution is -2.28. The monoisotopic (exact) mass is 463 g/mol. The molecular formula is C23H21N5O6. The predicted molar refractivity (Wildman–Crippen MR) is 121 cm³/mol. The number of para-hydroxylation sites is 1. The van der Waals surface area contributed by atoms with E-state index in [0.29, 0.717) is 11.5 Å². The van der Waals surface area contributed by atoms with Gasteiger partial charge >= 0.3 is 11.7 Å². The third-order valence-electron chi connectivity index (χ3n) is 4.71. The van der Waals surface area contributed by atoms with Gasteiger partial charge in [-0.15, -0.1) is 5.10 Å². The van der Waals surface area contributed by atoms with Crippen LogP contribution in [0.15, 0.2) is 65.7 Å². The Morgan fingerprint density at radius 2 is 1.88 bits per heavy atom. The molecule has 4 aromatic rings. The van der Waals surface area contributed by atoms with Gasteiger partial charge in [-0.3, -0.25) is 4.79 Å². The molecule has 0 aliphatic heterocycles. The van der Waals surface area contributed by atoms with Crippen LogP contribution in [0.2, 0.25) is 0 Å². The molecule has 0 saturated carbocycles. The number of rotatable bonds is 8. The Balaban J connectivity index is 1.57. The van der Waals surface area contributed by atoms with Crippen LogP contribution in [0, 0.1) is 0 Å². The predicted octanol–water partition coefficient (Wildman–Crippen LogP) is 2.51. The molecule has 4 rings (SSSR count). The van der Waals surface area contributed by atoms with Gasteiger partial charge in [0.2, 0.25) is 11.6 Å². The first kappa shape index (κ1) is 22.5. The topological polar surface area (TPSA) is 126 Å². The number of hydrogen-bond donors (Lipinski definition) is 1. The van der Waals surface area contributed by atoms with E-state index in [1.54, 1.807) is 55.5 Å². The highest BCUT2D eigenvalue weighted by molar-refractivity contribution is 6.01. The fourth-order valence-electron chi connectivity index (χ4n) is 3.18. The second-order valence-corrected chi connectivity index (χ2v) is 6.96. The molecule has 0 aliphatic carbocycles. The maximum Gasteiger partial charge on any atom is 0.351 e. The molecule has 0 aliphatic rings. The maximum atomic E-state index is 12.8. The van der Waals surface area contributed by atoms with Gasteiger partial charge in [-0.2, -0.15) is 0 Å². The van der Waals surface area contributed by atoms with Gasteiger partial charge in [-0.1, -0.05) is 18.2 Å². The summed E-state index contributed by atoms with van der Waals surface area (Å²) in [5.74, 6) is 0.00116. The van der Waals surface area contributed by atoms with E-state index in [2.05, 4.69) is 15.4 Å². The van der Waals surface area contributed by atoms with Crippen molar-refractivity contribution in [2.24, 2.45) is 0 Å². The first-order chi connectivity index (χ1) is 16.5. The molecule has 0 atom stereocenters. The van der Waals surface area contributed by atoms with E-state index in [9.17, 15) is 14.4 Å². The average Bonchev–Trinajstić information content (AvgIpc) is 3.15. The van der Waals surface area contributed by atoms with E-state index in [-0.39, 0.29) is 29.4 Å². The number of carbonyl (C=O) groups is 2. The zero-order valence-electron chi connectivity index (χ0n) is 18.4. The molecule has 0 spiro atoms. The molecule has 34 heavy (non-hydrogen) atoms. The number of hydrogen-bond acceptors (Lipinski definition) is 8. The third-order valence-corrected chi connectivity index (χ3v) is 4.71. The number of carbonyl (C=O) groups excluding carboxylic acids is 2. The summed E-state index contributed by atoms with van der Waals surface area (Å²) in [7, 11) is 1.54. The summed E-state index contributed by atoms with van der Waals surface area (Å²) in [4.78, 5) is 41.7. The molecule has 2 aromatic carbocycles. The second kappa shape index (κ2) is 9.86. The first-order valence-electron chi connectivity index (χ1n) is 10.3. The molecule has 1 N–H and O–H groups in total. The van der Waals surface area contributed by atoms with Crippen LogP contribution < -0.4 is 20.5 Å². The molecule has 11 heteroatoms. The summed E-state index contributed by atoms with van der Waals surface area (Å²) in [6, 6.07) is 13.3. The van der Waals surface area contributed by atoms with Gasteiger partial charge in [0.05, 0.1) is 25.0 Å². The van der Waals surface area contributed by atoms with Gasteiger partial charge in [-0.25, -0.2) is 23.7 Å². The maximum absolute atomic E-state index is 12.8. The summed E-state index contributed by atoms with van der Waals surface area (Å²) >= 11 is 0. The minimum atomic E-state index is -0.561. The van der Waals surface area contributed by atoms with E-state index in [0.717, 1.165) is 4.68 Å². The van der Waals surface area contributed by atoms with Crippen molar-refractivity contribution in [1.29, 1.82) is 0 Å². The van der Waals surface area contributed by atoms with Gasteiger partial charge in [-0.05, 0) is 31.2 Å². The second-order valence-electron chi connectivity index (χ2n) is 6.96.